The molecule has 0 fully saturated rings. The zero-order valence-corrected chi connectivity index (χ0v) is 14.6. The van der Waals surface area contributed by atoms with E-state index in [-0.39, 0.29) is 31.2 Å². The third-order valence-electron chi connectivity index (χ3n) is 2.70. The maximum atomic E-state index is 11.8. The number of carbonyl (C=O) groups is 1. The molecule has 0 bridgehead atoms. The van der Waals surface area contributed by atoms with Crippen molar-refractivity contribution in [3.63, 3.8) is 0 Å². The maximum absolute atomic E-state index is 11.8. The number of hydrogen-bond donors (Lipinski definition) is 1. The fourth-order valence-corrected chi connectivity index (χ4v) is 2.41. The number of ether oxygens (including phenoxy) is 1. The van der Waals surface area contributed by atoms with E-state index in [4.69, 9.17) is 4.74 Å². The van der Waals surface area contributed by atoms with Gasteiger partial charge in [0.25, 0.3) is 0 Å². The molecule has 1 radical (unpaired) electrons. The zero-order valence-electron chi connectivity index (χ0n) is 10.9. The Balaban J connectivity index is 0.00000200. The summed E-state index contributed by atoms with van der Waals surface area (Å²) in [7, 11) is 0. The second-order valence-corrected chi connectivity index (χ2v) is 5.54. The SMILES string of the molecule is CCC[C-](I)C(=O)Oc1ccc2cc(O)ccc2c1.[Rh]. The van der Waals surface area contributed by atoms with Crippen LogP contribution >= 0.6 is 22.6 Å². The minimum absolute atomic E-state index is 0. The summed E-state index contributed by atoms with van der Waals surface area (Å²) < 4.78 is 6.02. The van der Waals surface area contributed by atoms with Crippen molar-refractivity contribution in [3.05, 3.63) is 40.3 Å². The molecule has 0 unspecified atom stereocenters. The summed E-state index contributed by atoms with van der Waals surface area (Å²) in [5.74, 6) is 0.456. The Kier molecular flexibility index (Phi) is 6.76. The van der Waals surface area contributed by atoms with Crippen LogP contribution in [0.4, 0.5) is 0 Å². The van der Waals surface area contributed by atoms with E-state index in [0.717, 1.165) is 23.6 Å². The first kappa shape index (κ1) is 17.2. The van der Waals surface area contributed by atoms with Crippen LogP contribution in [0.3, 0.4) is 0 Å². The molecule has 109 valence electrons. The van der Waals surface area contributed by atoms with E-state index in [0.29, 0.717) is 9.67 Å². The number of aromatic hydroxyl groups is 1. The summed E-state index contributed by atoms with van der Waals surface area (Å²) in [6, 6.07) is 10.4. The van der Waals surface area contributed by atoms with Gasteiger partial charge in [0.2, 0.25) is 0 Å². The van der Waals surface area contributed by atoms with Crippen LogP contribution in [-0.2, 0) is 24.3 Å². The van der Waals surface area contributed by atoms with Crippen LogP contribution in [0.15, 0.2) is 36.4 Å². The van der Waals surface area contributed by atoms with Crippen molar-refractivity contribution in [1.82, 2.24) is 0 Å². The van der Waals surface area contributed by atoms with E-state index in [1.54, 1.807) is 30.3 Å². The van der Waals surface area contributed by atoms with Crippen LogP contribution in [0.1, 0.15) is 19.8 Å². The maximum Gasteiger partial charge on any atom is 0.187 e. The van der Waals surface area contributed by atoms with Gasteiger partial charge in [0.1, 0.15) is 11.5 Å². The predicted octanol–water partition coefficient (Wildman–Crippen LogP) is 4.22. The first-order valence-electron chi connectivity index (χ1n) is 6.06. The Morgan fingerprint density at radius 2 is 1.90 bits per heavy atom. The molecule has 0 aliphatic heterocycles. The van der Waals surface area contributed by atoms with Gasteiger partial charge in [0, 0.05) is 19.5 Å². The molecule has 0 amide bonds. The molecule has 2 aromatic carbocycles. The number of fused-ring (bicyclic) bond motifs is 1. The molecule has 20 heavy (non-hydrogen) atoms. The first-order valence-corrected chi connectivity index (χ1v) is 7.14. The quantitative estimate of drug-likeness (QED) is 0.239. The zero-order chi connectivity index (χ0) is 13.8. The molecule has 0 saturated heterocycles. The summed E-state index contributed by atoms with van der Waals surface area (Å²) in [6.45, 7) is 2.02. The molecule has 0 saturated carbocycles. The van der Waals surface area contributed by atoms with Crippen molar-refractivity contribution in [2.75, 3.05) is 0 Å². The molecule has 2 aromatic rings. The van der Waals surface area contributed by atoms with Gasteiger partial charge in [-0.3, -0.25) is 27.4 Å². The van der Waals surface area contributed by atoms with Crippen LogP contribution in [0, 0.1) is 3.92 Å². The average molecular weight is 472 g/mol. The fourth-order valence-electron chi connectivity index (χ4n) is 1.76. The number of phenols is 1. The minimum Gasteiger partial charge on any atom is -0.508 e. The molecule has 0 aliphatic carbocycles. The van der Waals surface area contributed by atoms with E-state index < -0.39 is 0 Å². The molecular formula is C15H14IO3Rh-. The Morgan fingerprint density at radius 3 is 2.60 bits per heavy atom. The number of phenolic OH excluding ortho intramolecular Hbond substituents is 1. The average Bonchev–Trinajstić information content (AvgIpc) is 2.39. The second kappa shape index (κ2) is 7.84. The molecule has 0 aromatic heterocycles. The summed E-state index contributed by atoms with van der Waals surface area (Å²) in [5, 5.41) is 11.2. The number of rotatable bonds is 4. The summed E-state index contributed by atoms with van der Waals surface area (Å²) in [5.41, 5.74) is 0. The summed E-state index contributed by atoms with van der Waals surface area (Å²) >= 11 is 2.03. The van der Waals surface area contributed by atoms with Crippen LogP contribution in [0.2, 0.25) is 0 Å². The number of hydrogen-bond acceptors (Lipinski definition) is 3. The smallest absolute Gasteiger partial charge is 0.187 e. The van der Waals surface area contributed by atoms with Gasteiger partial charge in [-0.15, -0.1) is 6.42 Å². The van der Waals surface area contributed by atoms with Crippen molar-refractivity contribution in [3.8, 4) is 11.5 Å². The molecular weight excluding hydrogens is 458 g/mol. The topological polar surface area (TPSA) is 46.5 Å². The number of halogens is 1. The van der Waals surface area contributed by atoms with E-state index in [1.165, 1.54) is 0 Å². The number of esters is 1. The van der Waals surface area contributed by atoms with Crippen molar-refractivity contribution in [2.45, 2.75) is 19.8 Å². The molecule has 3 nitrogen and oxygen atoms in total. The van der Waals surface area contributed by atoms with E-state index >= 15 is 0 Å². The molecule has 1 N–H and O–H groups in total. The van der Waals surface area contributed by atoms with Crippen LogP contribution in [0.25, 0.3) is 10.8 Å². The molecule has 0 atom stereocenters. The molecule has 0 spiro atoms. The molecule has 2 rings (SSSR count). The van der Waals surface area contributed by atoms with Crippen LogP contribution in [-0.4, -0.2) is 11.1 Å². The monoisotopic (exact) mass is 472 g/mol. The minimum atomic E-state index is -0.291. The number of carbonyl (C=O) groups excluding carboxylic acids is 1. The fraction of sp³-hybridized carbons (Fsp3) is 0.200. The Hall–Kier alpha value is -0.807. The Labute approximate surface area is 144 Å². The molecule has 5 heteroatoms. The largest absolute Gasteiger partial charge is 0.508 e. The predicted molar refractivity (Wildman–Crippen MR) is 83.4 cm³/mol. The third kappa shape index (κ3) is 4.35. The summed E-state index contributed by atoms with van der Waals surface area (Å²) in [4.78, 5) is 11.8. The Bertz CT molecular complexity index is 601. The van der Waals surface area contributed by atoms with E-state index in [1.807, 2.05) is 35.6 Å². The van der Waals surface area contributed by atoms with Crippen LogP contribution < -0.4 is 4.74 Å². The van der Waals surface area contributed by atoms with Gasteiger partial charge in [0.05, 0.1) is 0 Å². The van der Waals surface area contributed by atoms with Gasteiger partial charge in [-0.2, -0.15) is 0 Å². The summed E-state index contributed by atoms with van der Waals surface area (Å²) in [6.07, 6.45) is 1.66. The number of benzene rings is 2. The van der Waals surface area contributed by atoms with Crippen molar-refractivity contribution in [1.29, 1.82) is 0 Å². The molecule has 0 aliphatic rings. The normalized spacial score (nSPS) is 9.90. The standard InChI is InChI=1S/C15H14IO3.Rh/c1-2-3-14(16)15(18)19-13-7-5-10-8-12(17)6-4-11(10)9-13;/h4-9,17H,2-3H2,1H3;/q-1;. The van der Waals surface area contributed by atoms with Crippen molar-refractivity contribution >= 4 is 39.3 Å². The first-order chi connectivity index (χ1) is 9.10. The van der Waals surface area contributed by atoms with Gasteiger partial charge < -0.3 is 9.84 Å². The van der Waals surface area contributed by atoms with Gasteiger partial charge in [-0.1, -0.05) is 25.5 Å². The Morgan fingerprint density at radius 1 is 1.25 bits per heavy atom. The van der Waals surface area contributed by atoms with Gasteiger partial charge >= 0.3 is 0 Å². The van der Waals surface area contributed by atoms with Gasteiger partial charge in [-0.05, 0) is 35.0 Å². The van der Waals surface area contributed by atoms with E-state index in [2.05, 4.69) is 0 Å². The van der Waals surface area contributed by atoms with Crippen LogP contribution in [0.5, 0.6) is 11.5 Å². The third-order valence-corrected chi connectivity index (χ3v) is 3.68. The second-order valence-electron chi connectivity index (χ2n) is 4.24. The van der Waals surface area contributed by atoms with Gasteiger partial charge in [0.15, 0.2) is 5.97 Å². The van der Waals surface area contributed by atoms with Crippen molar-refractivity contribution in [2.24, 2.45) is 0 Å². The van der Waals surface area contributed by atoms with Crippen molar-refractivity contribution < 1.29 is 34.1 Å². The molecule has 0 heterocycles. The van der Waals surface area contributed by atoms with E-state index in [9.17, 15) is 9.90 Å². The van der Waals surface area contributed by atoms with Gasteiger partial charge in [-0.25, -0.2) is 3.92 Å².